The van der Waals surface area contributed by atoms with E-state index in [9.17, 15) is 0 Å². The molecular weight excluding hydrogens is 276 g/mol. The van der Waals surface area contributed by atoms with Crippen molar-refractivity contribution < 1.29 is 0 Å². The Bertz CT molecular complexity index is 322. The topological polar surface area (TPSA) is 0 Å². The maximum Gasteiger partial charge on any atom is -0.0233 e. The van der Waals surface area contributed by atoms with Gasteiger partial charge in [-0.15, -0.1) is 0 Å². The number of allylic oxidation sites excluding steroid dienone is 2. The van der Waals surface area contributed by atoms with E-state index in [0.717, 1.165) is 23.7 Å². The summed E-state index contributed by atoms with van der Waals surface area (Å²) in [6.45, 7) is 0. The second kappa shape index (κ2) is 9.90. The first-order valence-corrected chi connectivity index (χ1v) is 11.1. The third-order valence-electron chi connectivity index (χ3n) is 7.16. The zero-order chi connectivity index (χ0) is 15.7. The molecule has 3 aliphatic rings. The maximum absolute atomic E-state index is 2.60. The van der Waals surface area contributed by atoms with Crippen molar-refractivity contribution >= 4 is 0 Å². The summed E-state index contributed by atoms with van der Waals surface area (Å²) in [5, 5.41) is 0. The highest BCUT2D eigenvalue weighted by atomic mass is 14.3. The third kappa shape index (κ3) is 6.28. The molecule has 0 nitrogen and oxygen atoms in total. The summed E-state index contributed by atoms with van der Waals surface area (Å²) in [6.07, 6.45) is 30.7. The Balaban J connectivity index is 1.27. The summed E-state index contributed by atoms with van der Waals surface area (Å²) < 4.78 is 0. The Morgan fingerprint density at radius 1 is 0.565 bits per heavy atom. The van der Waals surface area contributed by atoms with Gasteiger partial charge in [0, 0.05) is 0 Å². The zero-order valence-electron chi connectivity index (χ0n) is 15.5. The lowest BCUT2D eigenvalue weighted by molar-refractivity contribution is 0.227. The molecule has 0 amide bonds. The average molecular weight is 317 g/mol. The van der Waals surface area contributed by atoms with E-state index >= 15 is 0 Å². The molecule has 0 aliphatic heterocycles. The van der Waals surface area contributed by atoms with Crippen molar-refractivity contribution in [2.24, 2.45) is 23.7 Å². The summed E-state index contributed by atoms with van der Waals surface area (Å²) in [5.41, 5.74) is 0. The van der Waals surface area contributed by atoms with Crippen molar-refractivity contribution in [1.82, 2.24) is 0 Å². The van der Waals surface area contributed by atoms with E-state index < -0.39 is 0 Å². The molecule has 0 aromatic rings. The van der Waals surface area contributed by atoms with Crippen LogP contribution in [0.25, 0.3) is 0 Å². The fourth-order valence-corrected chi connectivity index (χ4v) is 5.61. The standard InChI is InChI=1S/C23H40/c1-3-9-20(10-4-1)11-7-8-12-21-15-17-23(18-16-21)19-22-13-5-2-6-14-22/h8,12,20-23H,1-7,9-11,13-19H2/b12-8+. The van der Waals surface area contributed by atoms with E-state index in [4.69, 9.17) is 0 Å². The molecule has 3 rings (SSSR count). The maximum atomic E-state index is 2.60. The van der Waals surface area contributed by atoms with Gasteiger partial charge in [0.15, 0.2) is 0 Å². The van der Waals surface area contributed by atoms with E-state index in [-0.39, 0.29) is 0 Å². The van der Waals surface area contributed by atoms with Gasteiger partial charge in [-0.1, -0.05) is 76.4 Å². The highest BCUT2D eigenvalue weighted by Crippen LogP contribution is 2.37. The first-order chi connectivity index (χ1) is 11.4. The van der Waals surface area contributed by atoms with E-state index in [2.05, 4.69) is 12.2 Å². The lowest BCUT2D eigenvalue weighted by Gasteiger charge is -2.31. The van der Waals surface area contributed by atoms with Crippen LogP contribution in [0, 0.1) is 23.7 Å². The Labute approximate surface area is 145 Å². The van der Waals surface area contributed by atoms with Crippen LogP contribution in [0.4, 0.5) is 0 Å². The first-order valence-electron chi connectivity index (χ1n) is 11.1. The van der Waals surface area contributed by atoms with Crippen LogP contribution >= 0.6 is 0 Å². The van der Waals surface area contributed by atoms with Gasteiger partial charge in [-0.2, -0.15) is 0 Å². The second-order valence-corrected chi connectivity index (χ2v) is 9.03. The number of rotatable bonds is 6. The van der Waals surface area contributed by atoms with Crippen molar-refractivity contribution in [1.29, 1.82) is 0 Å². The molecule has 0 spiro atoms. The summed E-state index contributed by atoms with van der Waals surface area (Å²) in [4.78, 5) is 0. The van der Waals surface area contributed by atoms with E-state index in [0.29, 0.717) is 0 Å². The Kier molecular flexibility index (Phi) is 7.56. The van der Waals surface area contributed by atoms with Gasteiger partial charge in [0.25, 0.3) is 0 Å². The van der Waals surface area contributed by atoms with E-state index in [1.54, 1.807) is 19.3 Å². The van der Waals surface area contributed by atoms with Gasteiger partial charge in [0.1, 0.15) is 0 Å². The van der Waals surface area contributed by atoms with Gasteiger partial charge in [-0.3, -0.25) is 0 Å². The largest absolute Gasteiger partial charge is 0.0882 e. The molecule has 0 aromatic carbocycles. The van der Waals surface area contributed by atoms with Crippen molar-refractivity contribution in [3.63, 3.8) is 0 Å². The van der Waals surface area contributed by atoms with Crippen LogP contribution in [0.1, 0.15) is 109 Å². The minimum absolute atomic E-state index is 0.920. The van der Waals surface area contributed by atoms with Crippen LogP contribution in [-0.4, -0.2) is 0 Å². The van der Waals surface area contributed by atoms with Gasteiger partial charge in [-0.05, 0) is 68.6 Å². The molecule has 0 saturated heterocycles. The van der Waals surface area contributed by atoms with Crippen molar-refractivity contribution in [3.8, 4) is 0 Å². The molecule has 0 radical (unpaired) electrons. The van der Waals surface area contributed by atoms with Crippen LogP contribution in [-0.2, 0) is 0 Å². The molecule has 0 aromatic heterocycles. The summed E-state index contributed by atoms with van der Waals surface area (Å²) >= 11 is 0. The fraction of sp³-hybridized carbons (Fsp3) is 0.913. The van der Waals surface area contributed by atoms with Crippen molar-refractivity contribution in [2.45, 2.75) is 109 Å². The monoisotopic (exact) mass is 316 g/mol. The number of hydrogen-bond acceptors (Lipinski definition) is 0. The molecule has 0 bridgehead atoms. The second-order valence-electron chi connectivity index (χ2n) is 9.03. The van der Waals surface area contributed by atoms with Gasteiger partial charge < -0.3 is 0 Å². The first kappa shape index (κ1) is 17.6. The molecule has 0 atom stereocenters. The van der Waals surface area contributed by atoms with Crippen LogP contribution in [0.2, 0.25) is 0 Å². The minimum atomic E-state index is 0.920. The van der Waals surface area contributed by atoms with Gasteiger partial charge in [0.05, 0.1) is 0 Å². The Morgan fingerprint density at radius 2 is 1.13 bits per heavy atom. The molecule has 3 fully saturated rings. The van der Waals surface area contributed by atoms with Crippen molar-refractivity contribution in [3.05, 3.63) is 12.2 Å². The molecule has 0 unspecified atom stereocenters. The van der Waals surface area contributed by atoms with Crippen LogP contribution < -0.4 is 0 Å². The predicted octanol–water partition coefficient (Wildman–Crippen LogP) is 7.68. The highest BCUT2D eigenvalue weighted by molar-refractivity contribution is 4.92. The number of hydrogen-bond donors (Lipinski definition) is 0. The Hall–Kier alpha value is -0.260. The lowest BCUT2D eigenvalue weighted by atomic mass is 9.75. The minimum Gasteiger partial charge on any atom is -0.0882 e. The van der Waals surface area contributed by atoms with Crippen LogP contribution in [0.3, 0.4) is 0 Å². The summed E-state index contributed by atoms with van der Waals surface area (Å²) in [5.74, 6) is 4.14. The van der Waals surface area contributed by atoms with Crippen LogP contribution in [0.5, 0.6) is 0 Å². The summed E-state index contributed by atoms with van der Waals surface area (Å²) in [6, 6.07) is 0. The van der Waals surface area contributed by atoms with Gasteiger partial charge in [-0.25, -0.2) is 0 Å². The smallest absolute Gasteiger partial charge is 0.0233 e. The van der Waals surface area contributed by atoms with Gasteiger partial charge >= 0.3 is 0 Å². The predicted molar refractivity (Wildman–Crippen MR) is 102 cm³/mol. The van der Waals surface area contributed by atoms with E-state index in [1.165, 1.54) is 89.9 Å². The SMILES string of the molecule is C(=C\C1CCC(CC2CCCCC2)CC1)/CCC1CCCCC1. The molecule has 0 N–H and O–H groups in total. The Morgan fingerprint density at radius 3 is 1.78 bits per heavy atom. The molecule has 0 heterocycles. The molecular formula is C23H40. The molecule has 23 heavy (non-hydrogen) atoms. The van der Waals surface area contributed by atoms with Gasteiger partial charge in [0.2, 0.25) is 0 Å². The van der Waals surface area contributed by atoms with Crippen LogP contribution in [0.15, 0.2) is 12.2 Å². The van der Waals surface area contributed by atoms with Crippen molar-refractivity contribution in [2.75, 3.05) is 0 Å². The highest BCUT2D eigenvalue weighted by Gasteiger charge is 2.23. The zero-order valence-corrected chi connectivity index (χ0v) is 15.5. The van der Waals surface area contributed by atoms with E-state index in [1.807, 2.05) is 0 Å². The molecule has 132 valence electrons. The normalized spacial score (nSPS) is 31.7. The quantitative estimate of drug-likeness (QED) is 0.441. The molecule has 3 saturated carbocycles. The molecule has 3 aliphatic carbocycles. The average Bonchev–Trinajstić information content (AvgIpc) is 2.62. The third-order valence-corrected chi connectivity index (χ3v) is 7.16. The lowest BCUT2D eigenvalue weighted by Crippen LogP contribution is -2.18. The fourth-order valence-electron chi connectivity index (χ4n) is 5.61. The molecule has 0 heteroatoms. The summed E-state index contributed by atoms with van der Waals surface area (Å²) in [7, 11) is 0.